The van der Waals surface area contributed by atoms with Gasteiger partial charge in [-0.1, -0.05) is 54.1 Å². The minimum Gasteiger partial charge on any atom is -0.348 e. The summed E-state index contributed by atoms with van der Waals surface area (Å²) in [6.07, 6.45) is 0. The van der Waals surface area contributed by atoms with Crippen molar-refractivity contribution in [3.8, 4) is 11.3 Å². The summed E-state index contributed by atoms with van der Waals surface area (Å²) in [5.74, 6) is 0.339. The highest BCUT2D eigenvalue weighted by Crippen LogP contribution is 2.34. The molecule has 1 aliphatic heterocycles. The predicted molar refractivity (Wildman–Crippen MR) is 129 cm³/mol. The highest BCUT2D eigenvalue weighted by molar-refractivity contribution is 6.30. The van der Waals surface area contributed by atoms with E-state index < -0.39 is 5.82 Å². The van der Waals surface area contributed by atoms with Gasteiger partial charge in [-0.25, -0.2) is 4.39 Å². The van der Waals surface area contributed by atoms with Gasteiger partial charge in [-0.15, -0.1) is 10.2 Å². The van der Waals surface area contributed by atoms with Crippen LogP contribution in [0.4, 0.5) is 10.2 Å². The van der Waals surface area contributed by atoms with Crippen LogP contribution in [0.1, 0.15) is 17.3 Å². The van der Waals surface area contributed by atoms with Gasteiger partial charge in [0.25, 0.3) is 5.91 Å². The Bertz CT molecular complexity index is 1330. The molecule has 1 saturated heterocycles. The first-order valence-corrected chi connectivity index (χ1v) is 11.2. The Morgan fingerprint density at radius 1 is 0.970 bits per heavy atom. The Morgan fingerprint density at radius 2 is 1.70 bits per heavy atom. The number of fused-ring (bicyclic) bond motifs is 1. The average molecular weight is 461 g/mol. The highest BCUT2D eigenvalue weighted by Gasteiger charge is 2.29. The normalized spacial score (nSPS) is 16.3. The fourth-order valence-corrected chi connectivity index (χ4v) is 4.56. The average Bonchev–Trinajstić information content (AvgIpc) is 2.84. The smallest absolute Gasteiger partial charge is 0.253 e. The first-order valence-electron chi connectivity index (χ1n) is 10.8. The molecule has 1 unspecified atom stereocenters. The summed E-state index contributed by atoms with van der Waals surface area (Å²) in [7, 11) is 0. The predicted octanol–water partition coefficient (Wildman–Crippen LogP) is 5.44. The summed E-state index contributed by atoms with van der Waals surface area (Å²) in [4.78, 5) is 16.9. The van der Waals surface area contributed by atoms with Gasteiger partial charge >= 0.3 is 0 Å². The van der Waals surface area contributed by atoms with Gasteiger partial charge in [-0.3, -0.25) is 4.79 Å². The lowest BCUT2D eigenvalue weighted by Crippen LogP contribution is -2.54. The van der Waals surface area contributed by atoms with Gasteiger partial charge in [0.2, 0.25) is 0 Å². The summed E-state index contributed by atoms with van der Waals surface area (Å²) >= 11 is 5.93. The maximum Gasteiger partial charge on any atom is 0.253 e. The maximum atomic E-state index is 14.6. The van der Waals surface area contributed by atoms with E-state index in [2.05, 4.69) is 22.0 Å². The van der Waals surface area contributed by atoms with E-state index in [4.69, 9.17) is 11.6 Å². The van der Waals surface area contributed by atoms with Gasteiger partial charge in [0.1, 0.15) is 11.5 Å². The van der Waals surface area contributed by atoms with Crippen molar-refractivity contribution in [2.75, 3.05) is 24.5 Å². The lowest BCUT2D eigenvalue weighted by molar-refractivity contribution is 0.0726. The number of nitrogens with zero attached hydrogens (tertiary/aromatic N) is 4. The third kappa shape index (κ3) is 4.02. The Hall–Kier alpha value is -3.51. The number of hydrogen-bond acceptors (Lipinski definition) is 4. The molecule has 1 amide bonds. The molecular weight excluding hydrogens is 439 g/mol. The van der Waals surface area contributed by atoms with Gasteiger partial charge in [0, 0.05) is 52.6 Å². The molecule has 7 heteroatoms. The molecule has 0 saturated carbocycles. The molecule has 5 rings (SSSR count). The van der Waals surface area contributed by atoms with Crippen molar-refractivity contribution in [2.45, 2.75) is 13.0 Å². The Kier molecular flexibility index (Phi) is 5.68. The Labute approximate surface area is 196 Å². The monoisotopic (exact) mass is 460 g/mol. The van der Waals surface area contributed by atoms with E-state index in [1.807, 2.05) is 59.5 Å². The summed E-state index contributed by atoms with van der Waals surface area (Å²) in [6, 6.07) is 21.7. The molecule has 0 spiro atoms. The van der Waals surface area contributed by atoms with Crippen LogP contribution >= 0.6 is 11.6 Å². The Balaban J connectivity index is 1.47. The molecule has 0 N–H and O–H groups in total. The van der Waals surface area contributed by atoms with Crippen molar-refractivity contribution in [2.24, 2.45) is 0 Å². The zero-order valence-corrected chi connectivity index (χ0v) is 18.8. The molecule has 1 aromatic heterocycles. The third-order valence-corrected chi connectivity index (χ3v) is 6.30. The number of aromatic nitrogens is 2. The molecule has 1 fully saturated rings. The second-order valence-corrected chi connectivity index (χ2v) is 8.64. The number of benzene rings is 3. The van der Waals surface area contributed by atoms with E-state index in [1.165, 1.54) is 6.07 Å². The van der Waals surface area contributed by atoms with Crippen LogP contribution in [0.15, 0.2) is 72.8 Å². The molecule has 0 radical (unpaired) electrons. The molecule has 4 aromatic rings. The number of carbonyl (C=O) groups is 1. The van der Waals surface area contributed by atoms with Crippen LogP contribution in [-0.2, 0) is 0 Å². The number of carbonyl (C=O) groups excluding carboxylic acids is 1. The van der Waals surface area contributed by atoms with Gasteiger partial charge < -0.3 is 9.80 Å². The largest absolute Gasteiger partial charge is 0.348 e. The van der Waals surface area contributed by atoms with Crippen molar-refractivity contribution in [1.82, 2.24) is 15.1 Å². The molecule has 2 heterocycles. The standard InChI is InChI=1S/C26H22ClFN4O/c1-17-16-31(26(33)18-7-3-2-4-8-18)13-14-32(17)25-21-10-6-5-9-20(21)24(29-30-25)22-12-11-19(27)15-23(22)28/h2-12,15,17H,13-14,16H2,1H3. The summed E-state index contributed by atoms with van der Waals surface area (Å²) in [6.45, 7) is 3.87. The molecule has 5 nitrogen and oxygen atoms in total. The number of rotatable bonds is 3. The van der Waals surface area contributed by atoms with Crippen molar-refractivity contribution in [1.29, 1.82) is 0 Å². The SMILES string of the molecule is CC1CN(C(=O)c2ccccc2)CCN1c1nnc(-c2ccc(Cl)cc2F)c2ccccc12. The topological polar surface area (TPSA) is 49.3 Å². The van der Waals surface area contributed by atoms with Crippen LogP contribution in [0.25, 0.3) is 22.0 Å². The number of hydrogen-bond donors (Lipinski definition) is 0. The molecule has 1 atom stereocenters. The van der Waals surface area contributed by atoms with E-state index in [1.54, 1.807) is 12.1 Å². The highest BCUT2D eigenvalue weighted by atomic mass is 35.5. The van der Waals surface area contributed by atoms with Crippen LogP contribution in [0.2, 0.25) is 5.02 Å². The van der Waals surface area contributed by atoms with E-state index >= 15 is 0 Å². The second kappa shape index (κ2) is 8.79. The molecule has 1 aliphatic rings. The number of halogens is 2. The fraction of sp³-hybridized carbons (Fsp3) is 0.192. The molecule has 0 bridgehead atoms. The second-order valence-electron chi connectivity index (χ2n) is 8.20. The van der Waals surface area contributed by atoms with Crippen LogP contribution in [-0.4, -0.2) is 46.7 Å². The van der Waals surface area contributed by atoms with Gasteiger partial charge in [-0.05, 0) is 37.3 Å². The van der Waals surface area contributed by atoms with Crippen molar-refractivity contribution in [3.05, 3.63) is 89.2 Å². The number of anilines is 1. The lowest BCUT2D eigenvalue weighted by atomic mass is 10.0. The van der Waals surface area contributed by atoms with Crippen LogP contribution < -0.4 is 4.90 Å². The summed E-state index contributed by atoms with van der Waals surface area (Å²) in [5.41, 5.74) is 1.53. The summed E-state index contributed by atoms with van der Waals surface area (Å²) < 4.78 is 14.6. The molecule has 33 heavy (non-hydrogen) atoms. The quantitative estimate of drug-likeness (QED) is 0.408. The van der Waals surface area contributed by atoms with E-state index in [0.29, 0.717) is 41.5 Å². The van der Waals surface area contributed by atoms with Gasteiger partial charge in [0.15, 0.2) is 5.82 Å². The zero-order valence-electron chi connectivity index (χ0n) is 18.1. The van der Waals surface area contributed by atoms with Crippen molar-refractivity contribution >= 4 is 34.1 Å². The lowest BCUT2D eigenvalue weighted by Gasteiger charge is -2.40. The fourth-order valence-electron chi connectivity index (χ4n) is 4.40. The third-order valence-electron chi connectivity index (χ3n) is 6.06. The molecule has 166 valence electrons. The molecule has 3 aromatic carbocycles. The van der Waals surface area contributed by atoms with E-state index in [0.717, 1.165) is 16.6 Å². The minimum absolute atomic E-state index is 0.0339. The van der Waals surface area contributed by atoms with E-state index in [9.17, 15) is 9.18 Å². The maximum absolute atomic E-state index is 14.6. The van der Waals surface area contributed by atoms with E-state index in [-0.39, 0.29) is 11.9 Å². The van der Waals surface area contributed by atoms with Crippen LogP contribution in [0, 0.1) is 5.82 Å². The van der Waals surface area contributed by atoms with Crippen molar-refractivity contribution in [3.63, 3.8) is 0 Å². The zero-order chi connectivity index (χ0) is 22.9. The molecule has 0 aliphatic carbocycles. The number of piperazine rings is 1. The van der Waals surface area contributed by atoms with Crippen LogP contribution in [0.5, 0.6) is 0 Å². The molecular formula is C26H22ClFN4O. The van der Waals surface area contributed by atoms with Gasteiger partial charge in [-0.2, -0.15) is 0 Å². The summed E-state index contributed by atoms with van der Waals surface area (Å²) in [5, 5.41) is 11.0. The Morgan fingerprint density at radius 3 is 2.42 bits per heavy atom. The van der Waals surface area contributed by atoms with Gasteiger partial charge in [0.05, 0.1) is 0 Å². The minimum atomic E-state index is -0.434. The van der Waals surface area contributed by atoms with Crippen LogP contribution in [0.3, 0.4) is 0 Å². The first-order chi connectivity index (χ1) is 16.0. The number of amides is 1. The first kappa shape index (κ1) is 21.3. The van der Waals surface area contributed by atoms with Crippen molar-refractivity contribution < 1.29 is 9.18 Å².